The molecule has 2 aliphatic heterocycles. The van der Waals surface area contributed by atoms with Gasteiger partial charge in [0.2, 0.25) is 10.0 Å². The molecule has 0 amide bonds. The standard InChI is InChI=1S/C16H24FN3O2S/c1-23(21,22)18-13-7-10-19(11-13)12-14-15(17)5-4-6-16(14)20-8-2-3-9-20/h4-6,13,18H,2-3,7-12H2,1H3/t13-/m0/s1. The van der Waals surface area contributed by atoms with E-state index >= 15 is 0 Å². The van der Waals surface area contributed by atoms with Crippen LogP contribution in [0.5, 0.6) is 0 Å². The molecule has 7 heteroatoms. The number of anilines is 1. The van der Waals surface area contributed by atoms with Crippen LogP contribution in [0.4, 0.5) is 10.1 Å². The summed E-state index contributed by atoms with van der Waals surface area (Å²) in [6.45, 7) is 3.89. The lowest BCUT2D eigenvalue weighted by molar-refractivity contribution is 0.319. The van der Waals surface area contributed by atoms with Gasteiger partial charge in [0.1, 0.15) is 5.82 Å². The highest BCUT2D eigenvalue weighted by molar-refractivity contribution is 7.88. The molecule has 1 atom stereocenters. The maximum absolute atomic E-state index is 14.4. The highest BCUT2D eigenvalue weighted by atomic mass is 32.2. The van der Waals surface area contributed by atoms with E-state index in [0.29, 0.717) is 13.1 Å². The van der Waals surface area contributed by atoms with Crippen LogP contribution in [0.3, 0.4) is 0 Å². The average molecular weight is 341 g/mol. The molecule has 2 fully saturated rings. The van der Waals surface area contributed by atoms with Crippen molar-refractivity contribution < 1.29 is 12.8 Å². The topological polar surface area (TPSA) is 52.7 Å². The molecule has 23 heavy (non-hydrogen) atoms. The van der Waals surface area contributed by atoms with Gasteiger partial charge in [0.15, 0.2) is 0 Å². The Morgan fingerprint density at radius 2 is 2.00 bits per heavy atom. The van der Waals surface area contributed by atoms with Crippen molar-refractivity contribution >= 4 is 15.7 Å². The van der Waals surface area contributed by atoms with Gasteiger partial charge in [-0.3, -0.25) is 4.90 Å². The maximum atomic E-state index is 14.4. The Labute approximate surface area is 137 Å². The minimum absolute atomic E-state index is 0.0768. The number of likely N-dealkylation sites (tertiary alicyclic amines) is 1. The third kappa shape index (κ3) is 4.22. The van der Waals surface area contributed by atoms with Crippen molar-refractivity contribution in [3.63, 3.8) is 0 Å². The van der Waals surface area contributed by atoms with Crippen LogP contribution < -0.4 is 9.62 Å². The van der Waals surface area contributed by atoms with Gasteiger partial charge >= 0.3 is 0 Å². The zero-order valence-electron chi connectivity index (χ0n) is 13.5. The van der Waals surface area contributed by atoms with Crippen molar-refractivity contribution in [2.75, 3.05) is 37.3 Å². The Kier molecular flexibility index (Phi) is 4.89. The fourth-order valence-electron chi connectivity index (χ4n) is 3.56. The van der Waals surface area contributed by atoms with Crippen LogP contribution in [0, 0.1) is 5.82 Å². The van der Waals surface area contributed by atoms with Crippen molar-refractivity contribution in [1.29, 1.82) is 0 Å². The zero-order chi connectivity index (χ0) is 16.4. The molecule has 0 aliphatic carbocycles. The van der Waals surface area contributed by atoms with Crippen LogP contribution in [-0.4, -0.2) is 51.8 Å². The molecule has 0 radical (unpaired) electrons. The summed E-state index contributed by atoms with van der Waals surface area (Å²) in [5, 5.41) is 0. The molecular weight excluding hydrogens is 317 g/mol. The predicted molar refractivity (Wildman–Crippen MR) is 89.5 cm³/mol. The van der Waals surface area contributed by atoms with Crippen LogP contribution >= 0.6 is 0 Å². The Hall–Kier alpha value is -1.18. The Balaban J connectivity index is 1.71. The second-order valence-electron chi connectivity index (χ2n) is 6.54. The molecular formula is C16H24FN3O2S. The van der Waals surface area contributed by atoms with Gasteiger partial charge < -0.3 is 4.90 Å². The third-order valence-electron chi connectivity index (χ3n) is 4.58. The summed E-state index contributed by atoms with van der Waals surface area (Å²) in [7, 11) is -3.19. The van der Waals surface area contributed by atoms with Gasteiger partial charge in [0, 0.05) is 50.0 Å². The first-order valence-corrected chi connectivity index (χ1v) is 10.0. The molecule has 0 aromatic heterocycles. The lowest BCUT2D eigenvalue weighted by Crippen LogP contribution is -2.36. The molecule has 0 unspecified atom stereocenters. The molecule has 0 bridgehead atoms. The predicted octanol–water partition coefficient (Wildman–Crippen LogP) is 1.55. The van der Waals surface area contributed by atoms with Gasteiger partial charge in [-0.25, -0.2) is 17.5 Å². The Morgan fingerprint density at radius 1 is 1.26 bits per heavy atom. The van der Waals surface area contributed by atoms with Crippen molar-refractivity contribution in [2.45, 2.75) is 31.8 Å². The van der Waals surface area contributed by atoms with Crippen LogP contribution in [0.25, 0.3) is 0 Å². The summed E-state index contributed by atoms with van der Waals surface area (Å²) in [6, 6.07) is 5.19. The number of hydrogen-bond acceptors (Lipinski definition) is 4. The number of halogens is 1. The molecule has 1 N–H and O–H groups in total. The summed E-state index contributed by atoms with van der Waals surface area (Å²) in [5.41, 5.74) is 1.72. The first-order chi connectivity index (χ1) is 10.9. The molecule has 0 spiro atoms. The normalized spacial score (nSPS) is 22.9. The number of nitrogens with one attached hydrogen (secondary N) is 1. The average Bonchev–Trinajstić information content (AvgIpc) is 3.11. The number of benzene rings is 1. The van der Waals surface area contributed by atoms with Crippen LogP contribution in [0.15, 0.2) is 18.2 Å². The first-order valence-electron chi connectivity index (χ1n) is 8.14. The monoisotopic (exact) mass is 341 g/mol. The smallest absolute Gasteiger partial charge is 0.208 e. The molecule has 1 aromatic rings. The number of sulfonamides is 1. The van der Waals surface area contributed by atoms with Gasteiger partial charge in [0.05, 0.1) is 6.26 Å². The summed E-state index contributed by atoms with van der Waals surface area (Å²) in [6.07, 6.45) is 4.25. The van der Waals surface area contributed by atoms with E-state index in [4.69, 9.17) is 0 Å². The van der Waals surface area contributed by atoms with E-state index in [0.717, 1.165) is 50.1 Å². The molecule has 0 saturated carbocycles. The lowest BCUT2D eigenvalue weighted by atomic mass is 10.1. The van der Waals surface area contributed by atoms with Gasteiger partial charge in [-0.05, 0) is 31.4 Å². The summed E-state index contributed by atoms with van der Waals surface area (Å²) in [5.74, 6) is -0.172. The fourth-order valence-corrected chi connectivity index (χ4v) is 4.35. The summed E-state index contributed by atoms with van der Waals surface area (Å²) < 4.78 is 39.7. The summed E-state index contributed by atoms with van der Waals surface area (Å²) in [4.78, 5) is 4.38. The van der Waals surface area contributed by atoms with E-state index in [9.17, 15) is 12.8 Å². The lowest BCUT2D eigenvalue weighted by Gasteiger charge is -2.24. The second-order valence-corrected chi connectivity index (χ2v) is 8.32. The largest absolute Gasteiger partial charge is 0.371 e. The minimum Gasteiger partial charge on any atom is -0.371 e. The van der Waals surface area contributed by atoms with Gasteiger partial charge in [-0.1, -0.05) is 6.07 Å². The molecule has 128 valence electrons. The van der Waals surface area contributed by atoms with Gasteiger partial charge in [0.25, 0.3) is 0 Å². The molecule has 1 aromatic carbocycles. The molecule has 2 saturated heterocycles. The van der Waals surface area contributed by atoms with Crippen LogP contribution in [0.1, 0.15) is 24.8 Å². The zero-order valence-corrected chi connectivity index (χ0v) is 14.3. The van der Waals surface area contributed by atoms with Gasteiger partial charge in [-0.15, -0.1) is 0 Å². The van der Waals surface area contributed by atoms with Crippen molar-refractivity contribution in [2.24, 2.45) is 0 Å². The van der Waals surface area contributed by atoms with Crippen molar-refractivity contribution in [1.82, 2.24) is 9.62 Å². The van der Waals surface area contributed by atoms with E-state index in [2.05, 4.69) is 14.5 Å². The van der Waals surface area contributed by atoms with Gasteiger partial charge in [-0.2, -0.15) is 0 Å². The van der Waals surface area contributed by atoms with E-state index < -0.39 is 10.0 Å². The molecule has 5 nitrogen and oxygen atoms in total. The quantitative estimate of drug-likeness (QED) is 0.883. The molecule has 2 heterocycles. The number of hydrogen-bond donors (Lipinski definition) is 1. The first kappa shape index (κ1) is 16.7. The van der Waals surface area contributed by atoms with E-state index in [-0.39, 0.29) is 11.9 Å². The van der Waals surface area contributed by atoms with Crippen LogP contribution in [0.2, 0.25) is 0 Å². The number of rotatable bonds is 5. The molecule has 2 aliphatic rings. The highest BCUT2D eigenvalue weighted by Crippen LogP contribution is 2.28. The Morgan fingerprint density at radius 3 is 2.70 bits per heavy atom. The Bertz CT molecular complexity index is 659. The minimum atomic E-state index is -3.19. The van der Waals surface area contributed by atoms with Crippen LogP contribution in [-0.2, 0) is 16.6 Å². The SMILES string of the molecule is CS(=O)(=O)N[C@H]1CCN(Cc2c(F)cccc2N2CCCC2)C1. The summed E-state index contributed by atoms with van der Waals surface area (Å²) >= 11 is 0. The van der Waals surface area contributed by atoms with Crippen molar-refractivity contribution in [3.8, 4) is 0 Å². The fraction of sp³-hybridized carbons (Fsp3) is 0.625. The number of nitrogens with zero attached hydrogens (tertiary/aromatic N) is 2. The van der Waals surface area contributed by atoms with Crippen molar-refractivity contribution in [3.05, 3.63) is 29.6 Å². The van der Waals surface area contributed by atoms with E-state index in [1.165, 1.54) is 12.3 Å². The third-order valence-corrected chi connectivity index (χ3v) is 5.34. The maximum Gasteiger partial charge on any atom is 0.208 e. The molecule has 3 rings (SSSR count). The highest BCUT2D eigenvalue weighted by Gasteiger charge is 2.27. The van der Waals surface area contributed by atoms with E-state index in [1.54, 1.807) is 6.07 Å². The van der Waals surface area contributed by atoms with E-state index in [1.807, 2.05) is 6.07 Å². The second kappa shape index (κ2) is 6.75.